The summed E-state index contributed by atoms with van der Waals surface area (Å²) in [7, 11) is 1.66. The number of nitrogens with zero attached hydrogens (tertiary/aromatic N) is 4. The molecule has 0 saturated heterocycles. The maximum atomic E-state index is 13.5. The Kier molecular flexibility index (Phi) is 7.40. The molecule has 1 fully saturated rings. The van der Waals surface area contributed by atoms with Crippen LogP contribution in [-0.2, 0) is 29.7 Å². The highest BCUT2D eigenvalue weighted by Crippen LogP contribution is 2.39. The van der Waals surface area contributed by atoms with E-state index < -0.39 is 0 Å². The quantitative estimate of drug-likeness (QED) is 0.508. The second-order valence-electron chi connectivity index (χ2n) is 8.98. The van der Waals surface area contributed by atoms with Gasteiger partial charge < -0.3 is 15.4 Å². The van der Waals surface area contributed by atoms with E-state index in [-0.39, 0.29) is 17.3 Å². The van der Waals surface area contributed by atoms with E-state index in [1.165, 1.54) is 24.8 Å². The van der Waals surface area contributed by atoms with E-state index in [9.17, 15) is 4.39 Å². The Hall–Kier alpha value is -2.48. The number of halogens is 1. The summed E-state index contributed by atoms with van der Waals surface area (Å²) in [5.41, 5.74) is 1.18. The number of hydrogen-bond donors (Lipinski definition) is 2. The minimum Gasteiger partial charge on any atom is -0.377 e. The van der Waals surface area contributed by atoms with Crippen LogP contribution in [0.5, 0.6) is 0 Å². The molecule has 8 heteroatoms. The predicted octanol–water partition coefficient (Wildman–Crippen LogP) is 3.34. The predicted molar refractivity (Wildman–Crippen MR) is 123 cm³/mol. The van der Waals surface area contributed by atoms with Crippen LogP contribution in [-0.4, -0.2) is 47.0 Å². The Morgan fingerprint density at radius 2 is 2.03 bits per heavy atom. The number of hydrogen-bond acceptors (Lipinski definition) is 4. The normalized spacial score (nSPS) is 20.6. The van der Waals surface area contributed by atoms with Crippen LogP contribution in [0.25, 0.3) is 0 Å². The van der Waals surface area contributed by atoms with Crippen LogP contribution in [0.3, 0.4) is 0 Å². The second kappa shape index (κ2) is 10.4. The largest absolute Gasteiger partial charge is 0.377 e. The SMILES string of the molecule is CCNC(=NCC1(c2ccc(F)cc2)CCCCC1)NC1CCc2nc(COC)nn2C1. The standard InChI is InChI=1S/C24H35FN6O/c1-3-26-23(28-20-11-12-22-29-21(16-32-2)30-31(22)15-20)27-17-24(13-5-4-6-14-24)18-7-9-19(25)10-8-18/h7-10,20H,3-6,11-17H2,1-2H3,(H2,26,27,28). The number of methoxy groups -OCH3 is 1. The van der Waals surface area contributed by atoms with Crippen LogP contribution in [0.4, 0.5) is 4.39 Å². The lowest BCUT2D eigenvalue weighted by Crippen LogP contribution is -2.47. The summed E-state index contributed by atoms with van der Waals surface area (Å²) in [6.45, 7) is 4.79. The first-order valence-corrected chi connectivity index (χ1v) is 11.8. The average Bonchev–Trinajstić information content (AvgIpc) is 3.21. The Morgan fingerprint density at radius 1 is 1.25 bits per heavy atom. The summed E-state index contributed by atoms with van der Waals surface area (Å²) < 4.78 is 20.7. The van der Waals surface area contributed by atoms with E-state index in [1.807, 2.05) is 16.8 Å². The molecule has 2 aromatic rings. The van der Waals surface area contributed by atoms with Gasteiger partial charge in [-0.3, -0.25) is 4.99 Å². The molecule has 2 heterocycles. The molecule has 1 unspecified atom stereocenters. The van der Waals surface area contributed by atoms with Gasteiger partial charge in [0.05, 0.1) is 13.1 Å². The molecule has 0 radical (unpaired) electrons. The summed E-state index contributed by atoms with van der Waals surface area (Å²) in [4.78, 5) is 9.59. The number of nitrogens with one attached hydrogen (secondary N) is 2. The van der Waals surface area contributed by atoms with Crippen molar-refractivity contribution in [2.45, 2.75) is 76.5 Å². The number of rotatable bonds is 7. The molecule has 4 rings (SSSR count). The zero-order valence-corrected chi connectivity index (χ0v) is 19.2. The smallest absolute Gasteiger partial charge is 0.191 e. The van der Waals surface area contributed by atoms with Crippen molar-refractivity contribution in [3.63, 3.8) is 0 Å². The van der Waals surface area contributed by atoms with Crippen molar-refractivity contribution < 1.29 is 9.13 Å². The van der Waals surface area contributed by atoms with Gasteiger partial charge in [0, 0.05) is 31.5 Å². The summed E-state index contributed by atoms with van der Waals surface area (Å²) in [5.74, 6) is 2.42. The van der Waals surface area contributed by atoms with Gasteiger partial charge in [0.15, 0.2) is 11.8 Å². The average molecular weight is 443 g/mol. The first-order valence-electron chi connectivity index (χ1n) is 11.8. The molecule has 0 bridgehead atoms. The van der Waals surface area contributed by atoms with Gasteiger partial charge in [0.2, 0.25) is 0 Å². The lowest BCUT2D eigenvalue weighted by Gasteiger charge is -2.37. The maximum absolute atomic E-state index is 13.5. The lowest BCUT2D eigenvalue weighted by atomic mass is 9.69. The summed E-state index contributed by atoms with van der Waals surface area (Å²) >= 11 is 0. The Labute approximate surface area is 189 Å². The summed E-state index contributed by atoms with van der Waals surface area (Å²) in [6.07, 6.45) is 7.70. The van der Waals surface area contributed by atoms with Gasteiger partial charge >= 0.3 is 0 Å². The second-order valence-corrected chi connectivity index (χ2v) is 8.98. The van der Waals surface area contributed by atoms with Gasteiger partial charge in [-0.25, -0.2) is 14.1 Å². The third kappa shape index (κ3) is 5.28. The molecule has 32 heavy (non-hydrogen) atoms. The molecule has 2 N–H and O–H groups in total. The van der Waals surface area contributed by atoms with Gasteiger partial charge in [0.25, 0.3) is 0 Å². The van der Waals surface area contributed by atoms with Crippen LogP contribution < -0.4 is 10.6 Å². The first kappa shape index (κ1) is 22.7. The molecule has 1 aliphatic carbocycles. The number of benzene rings is 1. The Balaban J connectivity index is 1.47. The molecule has 2 aliphatic rings. The van der Waals surface area contributed by atoms with Crippen molar-refractivity contribution in [1.29, 1.82) is 0 Å². The van der Waals surface area contributed by atoms with Gasteiger partial charge in [-0.2, -0.15) is 5.10 Å². The first-order chi connectivity index (χ1) is 15.6. The maximum Gasteiger partial charge on any atom is 0.191 e. The highest BCUT2D eigenvalue weighted by atomic mass is 19.1. The van der Waals surface area contributed by atoms with E-state index in [0.29, 0.717) is 13.2 Å². The molecule has 1 aliphatic heterocycles. The van der Waals surface area contributed by atoms with Gasteiger partial charge in [-0.15, -0.1) is 0 Å². The molecular formula is C24H35FN6O. The fourth-order valence-corrected chi connectivity index (χ4v) is 4.98. The monoisotopic (exact) mass is 442 g/mol. The van der Waals surface area contributed by atoms with Crippen molar-refractivity contribution in [2.75, 3.05) is 20.2 Å². The highest BCUT2D eigenvalue weighted by molar-refractivity contribution is 5.80. The van der Waals surface area contributed by atoms with Crippen molar-refractivity contribution >= 4 is 5.96 Å². The lowest BCUT2D eigenvalue weighted by molar-refractivity contribution is 0.177. The molecule has 1 saturated carbocycles. The molecule has 1 aromatic carbocycles. The highest BCUT2D eigenvalue weighted by Gasteiger charge is 2.34. The van der Waals surface area contributed by atoms with Crippen LogP contribution in [0, 0.1) is 5.82 Å². The van der Waals surface area contributed by atoms with E-state index in [1.54, 1.807) is 19.2 Å². The van der Waals surface area contributed by atoms with E-state index in [0.717, 1.165) is 56.4 Å². The van der Waals surface area contributed by atoms with Crippen LogP contribution in [0.15, 0.2) is 29.3 Å². The van der Waals surface area contributed by atoms with Crippen LogP contribution in [0.2, 0.25) is 0 Å². The Morgan fingerprint density at radius 3 is 2.75 bits per heavy atom. The number of aryl methyl sites for hydroxylation is 1. The number of aromatic nitrogens is 3. The van der Waals surface area contributed by atoms with Gasteiger partial charge in [-0.1, -0.05) is 31.4 Å². The topological polar surface area (TPSA) is 76.4 Å². The third-order valence-electron chi connectivity index (χ3n) is 6.67. The minimum absolute atomic E-state index is 0.0189. The van der Waals surface area contributed by atoms with E-state index in [4.69, 9.17) is 9.73 Å². The van der Waals surface area contributed by atoms with Crippen molar-refractivity contribution in [1.82, 2.24) is 25.4 Å². The molecule has 1 aromatic heterocycles. The number of ether oxygens (including phenoxy) is 1. The molecule has 1 atom stereocenters. The van der Waals surface area contributed by atoms with Crippen LogP contribution in [0.1, 0.15) is 62.7 Å². The zero-order chi connectivity index (χ0) is 22.4. The fraction of sp³-hybridized carbons (Fsp3) is 0.625. The number of fused-ring (bicyclic) bond motifs is 1. The van der Waals surface area contributed by atoms with Crippen molar-refractivity contribution in [2.24, 2.45) is 4.99 Å². The molecule has 7 nitrogen and oxygen atoms in total. The van der Waals surface area contributed by atoms with Gasteiger partial charge in [0.1, 0.15) is 18.2 Å². The number of aliphatic imine (C=N–C) groups is 1. The number of guanidine groups is 1. The van der Waals surface area contributed by atoms with Crippen molar-refractivity contribution in [3.05, 3.63) is 47.3 Å². The third-order valence-corrected chi connectivity index (χ3v) is 6.67. The summed E-state index contributed by atoms with van der Waals surface area (Å²) in [6, 6.07) is 7.29. The fourth-order valence-electron chi connectivity index (χ4n) is 4.98. The van der Waals surface area contributed by atoms with E-state index in [2.05, 4.69) is 27.6 Å². The molecular weight excluding hydrogens is 407 g/mol. The minimum atomic E-state index is -0.184. The van der Waals surface area contributed by atoms with E-state index >= 15 is 0 Å². The van der Waals surface area contributed by atoms with Crippen molar-refractivity contribution in [3.8, 4) is 0 Å². The molecule has 0 spiro atoms. The van der Waals surface area contributed by atoms with Crippen LogP contribution >= 0.6 is 0 Å². The Bertz CT molecular complexity index is 904. The zero-order valence-electron chi connectivity index (χ0n) is 19.2. The molecule has 0 amide bonds. The van der Waals surface area contributed by atoms with Gasteiger partial charge in [-0.05, 0) is 43.9 Å². The summed E-state index contributed by atoms with van der Waals surface area (Å²) in [5, 5.41) is 11.6. The molecule has 174 valence electrons.